The Bertz CT molecular complexity index is 337. The molecule has 15 heavy (non-hydrogen) atoms. The van der Waals surface area contributed by atoms with Gasteiger partial charge < -0.3 is 15.5 Å². The molecule has 0 radical (unpaired) electrons. The molecule has 2 unspecified atom stereocenters. The van der Waals surface area contributed by atoms with E-state index in [1.165, 1.54) is 18.3 Å². The molecule has 5 heteroatoms. The minimum Gasteiger partial charge on any atom is -0.389 e. The van der Waals surface area contributed by atoms with Gasteiger partial charge in [0.2, 0.25) is 0 Å². The van der Waals surface area contributed by atoms with Gasteiger partial charge in [0.25, 0.3) is 0 Å². The van der Waals surface area contributed by atoms with Gasteiger partial charge in [-0.1, -0.05) is 0 Å². The third-order valence-corrected chi connectivity index (χ3v) is 3.14. The van der Waals surface area contributed by atoms with Crippen LogP contribution in [0.5, 0.6) is 0 Å². The van der Waals surface area contributed by atoms with Crippen LogP contribution in [0.15, 0.2) is 11.4 Å². The highest BCUT2D eigenvalue weighted by Crippen LogP contribution is 2.26. The lowest BCUT2D eigenvalue weighted by atomic mass is 10.0. The Morgan fingerprint density at radius 2 is 2.27 bits per heavy atom. The number of aliphatic hydroxyl groups excluding tert-OH is 2. The summed E-state index contributed by atoms with van der Waals surface area (Å²) in [6.45, 7) is 1.74. The van der Waals surface area contributed by atoms with Crippen LogP contribution < -0.4 is 5.32 Å². The van der Waals surface area contributed by atoms with Gasteiger partial charge in [0.05, 0.1) is 11.0 Å². The maximum absolute atomic E-state index is 11.2. The highest BCUT2D eigenvalue weighted by molar-refractivity contribution is 7.12. The van der Waals surface area contributed by atoms with Crippen molar-refractivity contribution in [3.8, 4) is 0 Å². The summed E-state index contributed by atoms with van der Waals surface area (Å²) < 4.78 is 0. The first-order valence-electron chi connectivity index (χ1n) is 4.67. The second-order valence-electron chi connectivity index (χ2n) is 3.33. The Morgan fingerprint density at radius 3 is 2.80 bits per heavy atom. The zero-order valence-corrected chi connectivity index (χ0v) is 9.54. The van der Waals surface area contributed by atoms with E-state index in [1.54, 1.807) is 18.5 Å². The Morgan fingerprint density at radius 1 is 1.60 bits per heavy atom. The van der Waals surface area contributed by atoms with Gasteiger partial charge in [0.15, 0.2) is 5.78 Å². The lowest BCUT2D eigenvalue weighted by Gasteiger charge is -2.17. The predicted molar refractivity (Wildman–Crippen MR) is 59.2 cm³/mol. The van der Waals surface area contributed by atoms with Crippen molar-refractivity contribution < 1.29 is 15.0 Å². The number of ketones is 1. The quantitative estimate of drug-likeness (QED) is 0.645. The van der Waals surface area contributed by atoms with E-state index in [1.807, 2.05) is 0 Å². The number of thiophene rings is 1. The second kappa shape index (κ2) is 5.37. The molecule has 0 aromatic carbocycles. The standard InChI is InChI=1S/C10H15NO3S/c1-6(12)10-7(3-4-15-10)9(14)8(13)5-11-2/h3-4,8-9,11,13-14H,5H2,1-2H3. The van der Waals surface area contributed by atoms with E-state index in [9.17, 15) is 15.0 Å². The van der Waals surface area contributed by atoms with Gasteiger partial charge in [-0.05, 0) is 25.4 Å². The van der Waals surface area contributed by atoms with Crippen molar-refractivity contribution in [1.29, 1.82) is 0 Å². The SMILES string of the molecule is CNCC(O)C(O)c1ccsc1C(C)=O. The Balaban J connectivity index is 2.85. The van der Waals surface area contributed by atoms with Gasteiger partial charge in [-0.3, -0.25) is 4.79 Å². The second-order valence-corrected chi connectivity index (χ2v) is 4.25. The number of hydrogen-bond donors (Lipinski definition) is 3. The Kier molecular flexibility index (Phi) is 4.41. The Hall–Kier alpha value is -0.750. The van der Waals surface area contributed by atoms with Crippen LogP contribution in [-0.2, 0) is 0 Å². The summed E-state index contributed by atoms with van der Waals surface area (Å²) in [7, 11) is 1.69. The van der Waals surface area contributed by atoms with Crippen LogP contribution in [0.3, 0.4) is 0 Å². The maximum Gasteiger partial charge on any atom is 0.170 e. The van der Waals surface area contributed by atoms with Gasteiger partial charge in [-0.25, -0.2) is 0 Å². The molecule has 3 N–H and O–H groups in total. The molecule has 1 aromatic rings. The average molecular weight is 229 g/mol. The average Bonchev–Trinajstić information content (AvgIpc) is 2.65. The molecule has 2 atom stereocenters. The fourth-order valence-electron chi connectivity index (χ4n) is 1.37. The summed E-state index contributed by atoms with van der Waals surface area (Å²) in [4.78, 5) is 11.7. The van der Waals surface area contributed by atoms with E-state index < -0.39 is 12.2 Å². The molecule has 0 spiro atoms. The number of likely N-dealkylation sites (N-methyl/N-ethyl adjacent to an activating group) is 1. The van der Waals surface area contributed by atoms with Gasteiger partial charge >= 0.3 is 0 Å². The van der Waals surface area contributed by atoms with Crippen LogP contribution in [0.4, 0.5) is 0 Å². The lowest BCUT2D eigenvalue weighted by molar-refractivity contribution is 0.0201. The summed E-state index contributed by atoms with van der Waals surface area (Å²) in [5.74, 6) is -0.0873. The van der Waals surface area contributed by atoms with E-state index in [4.69, 9.17) is 0 Å². The van der Waals surface area contributed by atoms with E-state index in [0.29, 0.717) is 10.4 Å². The molecule has 84 valence electrons. The number of Topliss-reactive ketones (excluding diaryl/α,β-unsaturated/α-hetero) is 1. The van der Waals surface area contributed by atoms with E-state index >= 15 is 0 Å². The fourth-order valence-corrected chi connectivity index (χ4v) is 2.21. The number of carbonyl (C=O) groups is 1. The first-order valence-corrected chi connectivity index (χ1v) is 5.55. The van der Waals surface area contributed by atoms with Crippen LogP contribution in [0.1, 0.15) is 28.3 Å². The highest BCUT2D eigenvalue weighted by atomic mass is 32.1. The van der Waals surface area contributed by atoms with E-state index in [0.717, 1.165) is 0 Å². The van der Waals surface area contributed by atoms with Crippen LogP contribution >= 0.6 is 11.3 Å². The smallest absolute Gasteiger partial charge is 0.170 e. The predicted octanol–water partition coefficient (Wildman–Crippen LogP) is 0.564. The Labute approximate surface area is 92.6 Å². The van der Waals surface area contributed by atoms with Crippen molar-refractivity contribution in [2.45, 2.75) is 19.1 Å². The summed E-state index contributed by atoms with van der Waals surface area (Å²) in [5.41, 5.74) is 0.509. The van der Waals surface area contributed by atoms with Crippen molar-refractivity contribution in [2.75, 3.05) is 13.6 Å². The largest absolute Gasteiger partial charge is 0.389 e. The van der Waals surface area contributed by atoms with Crippen molar-refractivity contribution in [3.63, 3.8) is 0 Å². The number of hydrogen-bond acceptors (Lipinski definition) is 5. The van der Waals surface area contributed by atoms with Gasteiger partial charge in [-0.2, -0.15) is 0 Å². The van der Waals surface area contributed by atoms with Crippen molar-refractivity contribution in [3.05, 3.63) is 21.9 Å². The molecular weight excluding hydrogens is 214 g/mol. The van der Waals surface area contributed by atoms with E-state index in [2.05, 4.69) is 5.32 Å². The molecule has 0 bridgehead atoms. The third-order valence-electron chi connectivity index (χ3n) is 2.11. The molecule has 0 saturated heterocycles. The molecule has 0 saturated carbocycles. The molecule has 0 aliphatic rings. The fraction of sp³-hybridized carbons (Fsp3) is 0.500. The van der Waals surface area contributed by atoms with Crippen LogP contribution in [0, 0.1) is 0 Å². The maximum atomic E-state index is 11.2. The minimum atomic E-state index is -1.01. The molecule has 1 heterocycles. The van der Waals surface area contributed by atoms with Crippen LogP contribution in [-0.4, -0.2) is 35.7 Å². The number of rotatable bonds is 5. The zero-order valence-electron chi connectivity index (χ0n) is 8.73. The third kappa shape index (κ3) is 2.85. The molecule has 1 rings (SSSR count). The van der Waals surface area contributed by atoms with Gasteiger partial charge in [0.1, 0.15) is 6.10 Å². The molecule has 0 fully saturated rings. The van der Waals surface area contributed by atoms with Gasteiger partial charge in [0, 0.05) is 12.1 Å². The zero-order chi connectivity index (χ0) is 11.4. The van der Waals surface area contributed by atoms with Crippen LogP contribution in [0.25, 0.3) is 0 Å². The van der Waals surface area contributed by atoms with Crippen molar-refractivity contribution in [2.24, 2.45) is 0 Å². The topological polar surface area (TPSA) is 69.6 Å². The molecule has 4 nitrogen and oxygen atoms in total. The molecule has 0 amide bonds. The summed E-state index contributed by atoms with van der Waals surface area (Å²) >= 11 is 1.28. The lowest BCUT2D eigenvalue weighted by Crippen LogP contribution is -2.29. The highest BCUT2D eigenvalue weighted by Gasteiger charge is 2.22. The molecular formula is C10H15NO3S. The first-order chi connectivity index (χ1) is 7.07. The number of aliphatic hydroxyl groups is 2. The van der Waals surface area contributed by atoms with Gasteiger partial charge in [-0.15, -0.1) is 11.3 Å². The molecule has 0 aliphatic carbocycles. The monoisotopic (exact) mass is 229 g/mol. The van der Waals surface area contributed by atoms with E-state index in [-0.39, 0.29) is 12.3 Å². The summed E-state index contributed by atoms with van der Waals surface area (Å²) in [6.07, 6.45) is -1.91. The first kappa shape index (κ1) is 12.3. The summed E-state index contributed by atoms with van der Waals surface area (Å²) in [6, 6.07) is 1.67. The summed E-state index contributed by atoms with van der Waals surface area (Å²) in [5, 5.41) is 23.9. The normalized spacial score (nSPS) is 14.9. The molecule has 1 aromatic heterocycles. The molecule has 0 aliphatic heterocycles. The number of carbonyl (C=O) groups excluding carboxylic acids is 1. The number of nitrogens with one attached hydrogen (secondary N) is 1. The van der Waals surface area contributed by atoms with Crippen LogP contribution in [0.2, 0.25) is 0 Å². The van der Waals surface area contributed by atoms with Crippen molar-refractivity contribution in [1.82, 2.24) is 5.32 Å². The van der Waals surface area contributed by atoms with Crippen molar-refractivity contribution >= 4 is 17.1 Å². The minimum absolute atomic E-state index is 0.0873.